The highest BCUT2D eigenvalue weighted by Crippen LogP contribution is 2.34. The molecule has 0 aromatic carbocycles. The lowest BCUT2D eigenvalue weighted by Crippen LogP contribution is -2.62. The zero-order valence-electron chi connectivity index (χ0n) is 14.1. The van der Waals surface area contributed by atoms with Gasteiger partial charge in [0.25, 0.3) is 0 Å². The molecule has 6 heteroatoms. The van der Waals surface area contributed by atoms with Crippen LogP contribution in [0.2, 0.25) is 0 Å². The summed E-state index contributed by atoms with van der Waals surface area (Å²) in [6.45, 7) is 6.59. The third-order valence-electron chi connectivity index (χ3n) is 5.11. The Morgan fingerprint density at radius 1 is 1.30 bits per heavy atom. The first-order valence-corrected chi connectivity index (χ1v) is 8.81. The van der Waals surface area contributed by atoms with Crippen LogP contribution in [0.3, 0.4) is 0 Å². The van der Waals surface area contributed by atoms with Crippen molar-refractivity contribution in [1.82, 2.24) is 20.0 Å². The predicted octanol–water partition coefficient (Wildman–Crippen LogP) is 1.34. The number of amides is 1. The number of nitrogens with one attached hydrogen (secondary N) is 1. The van der Waals surface area contributed by atoms with Gasteiger partial charge in [-0.3, -0.25) is 14.4 Å². The molecule has 1 aliphatic heterocycles. The number of morpholine rings is 1. The van der Waals surface area contributed by atoms with Crippen molar-refractivity contribution >= 4 is 5.91 Å². The topological polar surface area (TPSA) is 59.4 Å². The zero-order valence-corrected chi connectivity index (χ0v) is 14.1. The second kappa shape index (κ2) is 7.45. The number of rotatable bonds is 5. The molecule has 6 nitrogen and oxygen atoms in total. The van der Waals surface area contributed by atoms with Crippen molar-refractivity contribution in [1.29, 1.82) is 0 Å². The molecule has 2 heterocycles. The molecule has 1 saturated heterocycles. The first kappa shape index (κ1) is 16.5. The molecule has 2 fully saturated rings. The van der Waals surface area contributed by atoms with Gasteiger partial charge in [-0.1, -0.05) is 19.3 Å². The molecule has 0 atom stereocenters. The van der Waals surface area contributed by atoms with Crippen molar-refractivity contribution in [3.8, 4) is 0 Å². The van der Waals surface area contributed by atoms with Crippen molar-refractivity contribution in [3.63, 3.8) is 0 Å². The molecular weight excluding hydrogens is 292 g/mol. The van der Waals surface area contributed by atoms with Gasteiger partial charge in [0.05, 0.1) is 26.0 Å². The van der Waals surface area contributed by atoms with Crippen molar-refractivity contribution in [3.05, 3.63) is 18.0 Å². The maximum Gasteiger partial charge on any atom is 0.240 e. The SMILES string of the molecule is Cc1cnn(CCNC(=O)C2(N3CCOCC3)CCCCC2)c1. The summed E-state index contributed by atoms with van der Waals surface area (Å²) in [5, 5.41) is 7.44. The molecular formula is C17H28N4O2. The molecule has 1 aromatic heterocycles. The van der Waals surface area contributed by atoms with Crippen LogP contribution in [-0.2, 0) is 16.1 Å². The number of aryl methyl sites for hydroxylation is 1. The molecule has 0 unspecified atom stereocenters. The Hall–Kier alpha value is -1.40. The van der Waals surface area contributed by atoms with Crippen LogP contribution in [-0.4, -0.2) is 59.0 Å². The Balaban J connectivity index is 1.60. The maximum atomic E-state index is 13.0. The van der Waals surface area contributed by atoms with Gasteiger partial charge in [-0.05, 0) is 25.3 Å². The molecule has 1 aliphatic carbocycles. The van der Waals surface area contributed by atoms with Gasteiger partial charge in [-0.2, -0.15) is 5.10 Å². The number of aromatic nitrogens is 2. The van der Waals surface area contributed by atoms with Gasteiger partial charge in [-0.15, -0.1) is 0 Å². The van der Waals surface area contributed by atoms with E-state index in [9.17, 15) is 4.79 Å². The molecule has 0 spiro atoms. The van der Waals surface area contributed by atoms with Crippen molar-refractivity contribution in [2.24, 2.45) is 0 Å². The number of carbonyl (C=O) groups is 1. The molecule has 0 bridgehead atoms. The van der Waals surface area contributed by atoms with E-state index >= 15 is 0 Å². The largest absolute Gasteiger partial charge is 0.379 e. The van der Waals surface area contributed by atoms with E-state index in [-0.39, 0.29) is 11.4 Å². The van der Waals surface area contributed by atoms with Crippen LogP contribution in [0.25, 0.3) is 0 Å². The summed E-state index contributed by atoms with van der Waals surface area (Å²) in [6, 6.07) is 0. The van der Waals surface area contributed by atoms with E-state index in [0.717, 1.165) is 64.1 Å². The smallest absolute Gasteiger partial charge is 0.240 e. The van der Waals surface area contributed by atoms with Crippen LogP contribution in [0.5, 0.6) is 0 Å². The fourth-order valence-corrected chi connectivity index (χ4v) is 3.85. The predicted molar refractivity (Wildman–Crippen MR) is 88.2 cm³/mol. The maximum absolute atomic E-state index is 13.0. The van der Waals surface area contributed by atoms with Crippen LogP contribution in [0, 0.1) is 6.92 Å². The summed E-state index contributed by atoms with van der Waals surface area (Å²) in [5.41, 5.74) is 0.829. The van der Waals surface area contributed by atoms with Crippen LogP contribution in [0.1, 0.15) is 37.7 Å². The Morgan fingerprint density at radius 2 is 2.04 bits per heavy atom. The minimum absolute atomic E-state index is 0.197. The third-order valence-corrected chi connectivity index (χ3v) is 5.11. The van der Waals surface area contributed by atoms with E-state index in [0.29, 0.717) is 6.54 Å². The Kier molecular flexibility index (Phi) is 5.33. The standard InChI is InChI=1S/C17H28N4O2/c1-15-13-19-21(14-15)8-7-18-16(22)17(5-3-2-4-6-17)20-9-11-23-12-10-20/h13-14H,2-12H2,1H3,(H,18,22). The number of hydrogen-bond acceptors (Lipinski definition) is 4. The quantitative estimate of drug-likeness (QED) is 0.889. The lowest BCUT2D eigenvalue weighted by atomic mass is 9.79. The second-order valence-corrected chi connectivity index (χ2v) is 6.73. The van der Waals surface area contributed by atoms with Crippen LogP contribution in [0.4, 0.5) is 0 Å². The van der Waals surface area contributed by atoms with E-state index in [4.69, 9.17) is 4.74 Å². The van der Waals surface area contributed by atoms with E-state index in [1.165, 1.54) is 6.42 Å². The van der Waals surface area contributed by atoms with Gasteiger partial charge in [0, 0.05) is 25.8 Å². The van der Waals surface area contributed by atoms with Crippen molar-refractivity contribution in [2.45, 2.75) is 51.1 Å². The summed E-state index contributed by atoms with van der Waals surface area (Å²) >= 11 is 0. The first-order chi connectivity index (χ1) is 11.2. The average molecular weight is 320 g/mol. The van der Waals surface area contributed by atoms with E-state index in [1.807, 2.05) is 24.0 Å². The number of hydrogen-bond donors (Lipinski definition) is 1. The first-order valence-electron chi connectivity index (χ1n) is 8.81. The van der Waals surface area contributed by atoms with Gasteiger partial charge in [0.1, 0.15) is 5.54 Å². The highest BCUT2D eigenvalue weighted by molar-refractivity contribution is 5.86. The monoisotopic (exact) mass is 320 g/mol. The molecule has 1 amide bonds. The molecule has 0 radical (unpaired) electrons. The van der Waals surface area contributed by atoms with Crippen molar-refractivity contribution < 1.29 is 9.53 Å². The summed E-state index contributed by atoms with van der Waals surface area (Å²) < 4.78 is 7.36. The van der Waals surface area contributed by atoms with E-state index < -0.39 is 0 Å². The normalized spacial score (nSPS) is 22.0. The Labute approximate surface area is 138 Å². The summed E-state index contributed by atoms with van der Waals surface area (Å²) in [4.78, 5) is 15.4. The minimum atomic E-state index is -0.317. The molecule has 1 saturated carbocycles. The highest BCUT2D eigenvalue weighted by atomic mass is 16.5. The number of carbonyl (C=O) groups excluding carboxylic acids is 1. The average Bonchev–Trinajstić information content (AvgIpc) is 3.01. The molecule has 1 aromatic rings. The van der Waals surface area contributed by atoms with Gasteiger partial charge in [0.2, 0.25) is 5.91 Å². The summed E-state index contributed by atoms with van der Waals surface area (Å²) in [5.74, 6) is 0.197. The molecule has 3 rings (SSSR count). The fraction of sp³-hybridized carbons (Fsp3) is 0.765. The van der Waals surface area contributed by atoms with Crippen LogP contribution in [0.15, 0.2) is 12.4 Å². The fourth-order valence-electron chi connectivity index (χ4n) is 3.85. The van der Waals surface area contributed by atoms with Crippen molar-refractivity contribution in [2.75, 3.05) is 32.8 Å². The molecule has 128 valence electrons. The second-order valence-electron chi connectivity index (χ2n) is 6.73. The van der Waals surface area contributed by atoms with E-state index in [1.54, 1.807) is 0 Å². The highest BCUT2D eigenvalue weighted by Gasteiger charge is 2.44. The van der Waals surface area contributed by atoms with Gasteiger partial charge in [-0.25, -0.2) is 0 Å². The lowest BCUT2D eigenvalue weighted by molar-refractivity contribution is -0.140. The van der Waals surface area contributed by atoms with Gasteiger partial charge in [0.15, 0.2) is 0 Å². The molecule has 2 aliphatic rings. The third kappa shape index (κ3) is 3.75. The lowest BCUT2D eigenvalue weighted by Gasteiger charge is -2.46. The Bertz CT molecular complexity index is 516. The summed E-state index contributed by atoms with van der Waals surface area (Å²) in [6.07, 6.45) is 9.32. The summed E-state index contributed by atoms with van der Waals surface area (Å²) in [7, 11) is 0. The number of ether oxygens (including phenoxy) is 1. The zero-order chi connectivity index (χ0) is 16.1. The van der Waals surface area contributed by atoms with Gasteiger partial charge >= 0.3 is 0 Å². The minimum Gasteiger partial charge on any atom is -0.379 e. The molecule has 23 heavy (non-hydrogen) atoms. The Morgan fingerprint density at radius 3 is 2.70 bits per heavy atom. The van der Waals surface area contributed by atoms with Crippen LogP contribution >= 0.6 is 0 Å². The number of nitrogens with zero attached hydrogens (tertiary/aromatic N) is 3. The van der Waals surface area contributed by atoms with E-state index in [2.05, 4.69) is 15.3 Å². The van der Waals surface area contributed by atoms with Crippen LogP contribution < -0.4 is 5.32 Å². The molecule has 1 N–H and O–H groups in total. The van der Waals surface area contributed by atoms with Gasteiger partial charge < -0.3 is 10.1 Å².